The first-order valence-corrected chi connectivity index (χ1v) is 7.82. The third kappa shape index (κ3) is 3.82. The number of anilines is 2. The van der Waals surface area contributed by atoms with Crippen LogP contribution in [0.5, 0.6) is 0 Å². The second-order valence-electron chi connectivity index (χ2n) is 5.68. The Morgan fingerprint density at radius 3 is 2.55 bits per heavy atom. The standard InChI is InChI=1S/C15H27N5/c1-3-13-18-14(11(2)15(19-13)20-16)17-10-6-9-12-7-4-5-8-12/h12H,3-10,16H2,1-2H3,(H2,17,18,19,20). The van der Waals surface area contributed by atoms with E-state index in [1.165, 1.54) is 38.5 Å². The fraction of sp³-hybridized carbons (Fsp3) is 0.733. The van der Waals surface area contributed by atoms with Crippen LogP contribution in [-0.4, -0.2) is 16.5 Å². The molecule has 1 heterocycles. The van der Waals surface area contributed by atoms with Crippen molar-refractivity contribution in [2.24, 2.45) is 11.8 Å². The number of hydrogen-bond acceptors (Lipinski definition) is 5. The lowest BCUT2D eigenvalue weighted by atomic mass is 10.0. The maximum atomic E-state index is 5.51. The minimum Gasteiger partial charge on any atom is -0.370 e. The Morgan fingerprint density at radius 1 is 1.20 bits per heavy atom. The predicted octanol–water partition coefficient (Wildman–Crippen LogP) is 3.02. The van der Waals surface area contributed by atoms with Crippen LogP contribution in [0.4, 0.5) is 11.6 Å². The molecule has 1 aliphatic carbocycles. The molecule has 0 radical (unpaired) electrons. The van der Waals surface area contributed by atoms with E-state index in [1.807, 2.05) is 6.92 Å². The molecule has 5 nitrogen and oxygen atoms in total. The second kappa shape index (κ2) is 7.43. The van der Waals surface area contributed by atoms with E-state index in [0.29, 0.717) is 0 Å². The molecule has 0 aliphatic heterocycles. The summed E-state index contributed by atoms with van der Waals surface area (Å²) in [6.07, 6.45) is 9.05. The summed E-state index contributed by atoms with van der Waals surface area (Å²) < 4.78 is 0. The Hall–Kier alpha value is -1.36. The van der Waals surface area contributed by atoms with Crippen LogP contribution in [0, 0.1) is 12.8 Å². The van der Waals surface area contributed by atoms with Gasteiger partial charge in [-0.05, 0) is 25.7 Å². The summed E-state index contributed by atoms with van der Waals surface area (Å²) in [5.41, 5.74) is 3.65. The molecule has 0 spiro atoms. The van der Waals surface area contributed by atoms with Crippen LogP contribution in [0.15, 0.2) is 0 Å². The highest BCUT2D eigenvalue weighted by Crippen LogP contribution is 2.28. The Labute approximate surface area is 121 Å². The van der Waals surface area contributed by atoms with Gasteiger partial charge in [0.15, 0.2) is 0 Å². The zero-order valence-corrected chi connectivity index (χ0v) is 12.7. The van der Waals surface area contributed by atoms with Gasteiger partial charge in [0.1, 0.15) is 17.5 Å². The second-order valence-corrected chi connectivity index (χ2v) is 5.68. The topological polar surface area (TPSA) is 75.9 Å². The largest absolute Gasteiger partial charge is 0.370 e. The van der Waals surface area contributed by atoms with E-state index in [2.05, 4.69) is 27.6 Å². The molecule has 1 fully saturated rings. The zero-order valence-electron chi connectivity index (χ0n) is 12.7. The molecule has 4 N–H and O–H groups in total. The highest BCUT2D eigenvalue weighted by Gasteiger charge is 2.14. The molecule has 0 unspecified atom stereocenters. The normalized spacial score (nSPS) is 15.6. The number of nitrogens with zero attached hydrogens (tertiary/aromatic N) is 2. The molecule has 0 amide bonds. The Morgan fingerprint density at radius 2 is 1.90 bits per heavy atom. The van der Waals surface area contributed by atoms with Crippen molar-refractivity contribution in [1.29, 1.82) is 0 Å². The molecule has 1 aromatic heterocycles. The number of nitrogens with two attached hydrogens (primary N) is 1. The van der Waals surface area contributed by atoms with Crippen LogP contribution in [0.25, 0.3) is 0 Å². The van der Waals surface area contributed by atoms with Gasteiger partial charge in [-0.15, -0.1) is 0 Å². The van der Waals surface area contributed by atoms with E-state index in [0.717, 1.165) is 41.9 Å². The summed E-state index contributed by atoms with van der Waals surface area (Å²) in [6.45, 7) is 5.02. The van der Waals surface area contributed by atoms with Gasteiger partial charge in [-0.1, -0.05) is 32.6 Å². The summed E-state index contributed by atoms with van der Waals surface area (Å²) in [6, 6.07) is 0. The van der Waals surface area contributed by atoms with E-state index in [1.54, 1.807) is 0 Å². The van der Waals surface area contributed by atoms with E-state index in [4.69, 9.17) is 5.84 Å². The van der Waals surface area contributed by atoms with Crippen molar-refractivity contribution in [3.63, 3.8) is 0 Å². The molecule has 0 aromatic carbocycles. The van der Waals surface area contributed by atoms with Gasteiger partial charge in [-0.3, -0.25) is 0 Å². The number of nitrogen functional groups attached to an aromatic ring is 1. The number of aromatic nitrogens is 2. The molecule has 0 bridgehead atoms. The summed E-state index contributed by atoms with van der Waals surface area (Å²) in [5.74, 6) is 8.92. The average molecular weight is 277 g/mol. The molecule has 0 saturated heterocycles. The molecule has 112 valence electrons. The first kappa shape index (κ1) is 15.0. The van der Waals surface area contributed by atoms with Crippen molar-refractivity contribution in [2.45, 2.75) is 58.8 Å². The van der Waals surface area contributed by atoms with Crippen LogP contribution in [-0.2, 0) is 6.42 Å². The predicted molar refractivity (Wildman–Crippen MR) is 83.6 cm³/mol. The maximum absolute atomic E-state index is 5.51. The first-order valence-electron chi connectivity index (χ1n) is 7.82. The van der Waals surface area contributed by atoms with Gasteiger partial charge in [0.05, 0.1) is 0 Å². The van der Waals surface area contributed by atoms with Crippen molar-refractivity contribution in [2.75, 3.05) is 17.3 Å². The minimum absolute atomic E-state index is 0.718. The Kier molecular flexibility index (Phi) is 5.59. The average Bonchev–Trinajstić information content (AvgIpc) is 2.98. The quantitative estimate of drug-likeness (QED) is 0.406. The van der Waals surface area contributed by atoms with Gasteiger partial charge in [0.25, 0.3) is 0 Å². The lowest BCUT2D eigenvalue weighted by molar-refractivity contribution is 0.491. The number of aryl methyl sites for hydroxylation is 1. The van der Waals surface area contributed by atoms with Crippen LogP contribution >= 0.6 is 0 Å². The number of rotatable bonds is 7. The van der Waals surface area contributed by atoms with E-state index >= 15 is 0 Å². The van der Waals surface area contributed by atoms with Gasteiger partial charge in [-0.2, -0.15) is 0 Å². The van der Waals surface area contributed by atoms with Gasteiger partial charge >= 0.3 is 0 Å². The van der Waals surface area contributed by atoms with Crippen molar-refractivity contribution < 1.29 is 0 Å². The van der Waals surface area contributed by atoms with E-state index < -0.39 is 0 Å². The van der Waals surface area contributed by atoms with Crippen LogP contribution in [0.1, 0.15) is 56.8 Å². The summed E-state index contributed by atoms with van der Waals surface area (Å²) in [5, 5.41) is 3.44. The van der Waals surface area contributed by atoms with Crippen molar-refractivity contribution in [3.05, 3.63) is 11.4 Å². The minimum atomic E-state index is 0.718. The third-order valence-corrected chi connectivity index (χ3v) is 4.20. The van der Waals surface area contributed by atoms with Crippen molar-refractivity contribution >= 4 is 11.6 Å². The third-order valence-electron chi connectivity index (χ3n) is 4.20. The summed E-state index contributed by atoms with van der Waals surface area (Å²) in [4.78, 5) is 8.92. The molecular weight excluding hydrogens is 250 g/mol. The molecule has 1 saturated carbocycles. The van der Waals surface area contributed by atoms with E-state index in [-0.39, 0.29) is 0 Å². The van der Waals surface area contributed by atoms with Crippen LogP contribution in [0.2, 0.25) is 0 Å². The Bertz CT molecular complexity index is 427. The fourth-order valence-corrected chi connectivity index (χ4v) is 2.93. The molecule has 2 rings (SSSR count). The van der Waals surface area contributed by atoms with Crippen LogP contribution in [0.3, 0.4) is 0 Å². The lowest BCUT2D eigenvalue weighted by Crippen LogP contribution is -2.15. The van der Waals surface area contributed by atoms with Gasteiger partial charge in [0, 0.05) is 18.5 Å². The lowest BCUT2D eigenvalue weighted by Gasteiger charge is -2.14. The first-order chi connectivity index (χ1) is 9.74. The number of hydrazine groups is 1. The number of nitrogens with one attached hydrogen (secondary N) is 2. The van der Waals surface area contributed by atoms with Gasteiger partial charge in [0.2, 0.25) is 0 Å². The molecule has 1 aliphatic rings. The fourth-order valence-electron chi connectivity index (χ4n) is 2.93. The highest BCUT2D eigenvalue weighted by molar-refractivity contribution is 5.56. The van der Waals surface area contributed by atoms with Crippen LogP contribution < -0.4 is 16.6 Å². The van der Waals surface area contributed by atoms with E-state index in [9.17, 15) is 0 Å². The molecule has 1 aromatic rings. The molecule has 0 atom stereocenters. The Balaban J connectivity index is 1.87. The van der Waals surface area contributed by atoms with Gasteiger partial charge in [-0.25, -0.2) is 15.8 Å². The summed E-state index contributed by atoms with van der Waals surface area (Å²) in [7, 11) is 0. The molecule has 5 heteroatoms. The maximum Gasteiger partial charge on any atom is 0.148 e. The summed E-state index contributed by atoms with van der Waals surface area (Å²) >= 11 is 0. The van der Waals surface area contributed by atoms with Crippen molar-refractivity contribution in [3.8, 4) is 0 Å². The molecule has 20 heavy (non-hydrogen) atoms. The zero-order chi connectivity index (χ0) is 14.4. The molecular formula is C15H27N5. The van der Waals surface area contributed by atoms with Crippen molar-refractivity contribution in [1.82, 2.24) is 9.97 Å². The highest BCUT2D eigenvalue weighted by atomic mass is 15.3. The van der Waals surface area contributed by atoms with Gasteiger partial charge < -0.3 is 10.7 Å². The number of hydrogen-bond donors (Lipinski definition) is 3. The SMILES string of the molecule is CCc1nc(NN)c(C)c(NCCCC2CCCC2)n1. The monoisotopic (exact) mass is 277 g/mol. The smallest absolute Gasteiger partial charge is 0.148 e.